The lowest BCUT2D eigenvalue weighted by atomic mass is 9.99. The molecule has 0 saturated carbocycles. The topological polar surface area (TPSA) is 80.4 Å². The van der Waals surface area contributed by atoms with Crippen LogP contribution in [0.1, 0.15) is 35.0 Å². The van der Waals surface area contributed by atoms with E-state index in [1.165, 1.54) is 6.07 Å². The van der Waals surface area contributed by atoms with Crippen LogP contribution < -0.4 is 5.73 Å². The fourth-order valence-electron chi connectivity index (χ4n) is 1.77. The molecular formula is C16H17NO3. The third-order valence-electron chi connectivity index (χ3n) is 2.81. The van der Waals surface area contributed by atoms with E-state index in [0.717, 1.165) is 0 Å². The van der Waals surface area contributed by atoms with Gasteiger partial charge in [-0.25, -0.2) is 0 Å². The van der Waals surface area contributed by atoms with E-state index in [4.69, 9.17) is 10.8 Å². The number of hydrogen-bond acceptors (Lipinski definition) is 3. The molecule has 0 bridgehead atoms. The van der Waals surface area contributed by atoms with Crippen LogP contribution in [0.3, 0.4) is 0 Å². The van der Waals surface area contributed by atoms with Crippen molar-refractivity contribution >= 4 is 11.8 Å². The number of benzene rings is 2. The second kappa shape index (κ2) is 6.63. The molecule has 0 radical (unpaired) electrons. The summed E-state index contributed by atoms with van der Waals surface area (Å²) in [6.45, 7) is 0. The highest BCUT2D eigenvalue weighted by Crippen LogP contribution is 2.16. The van der Waals surface area contributed by atoms with Crippen LogP contribution in [0.5, 0.6) is 0 Å². The number of rotatable bonds is 4. The molecule has 0 amide bonds. The van der Waals surface area contributed by atoms with Gasteiger partial charge in [0.15, 0.2) is 5.78 Å². The average Bonchev–Trinajstić information content (AvgIpc) is 2.46. The SMILES string of the molecule is C.NC(C(=O)O)c1cccc(C(=O)c2ccccc2)c1. The zero-order valence-electron chi connectivity index (χ0n) is 10.1. The minimum Gasteiger partial charge on any atom is -0.480 e. The van der Waals surface area contributed by atoms with Gasteiger partial charge < -0.3 is 10.8 Å². The third kappa shape index (κ3) is 3.30. The van der Waals surface area contributed by atoms with E-state index in [1.54, 1.807) is 42.5 Å². The first-order chi connectivity index (χ1) is 9.09. The van der Waals surface area contributed by atoms with Gasteiger partial charge in [-0.05, 0) is 11.6 Å². The Labute approximate surface area is 117 Å². The first-order valence-electron chi connectivity index (χ1n) is 5.77. The van der Waals surface area contributed by atoms with Gasteiger partial charge in [0, 0.05) is 11.1 Å². The van der Waals surface area contributed by atoms with E-state index in [1.807, 2.05) is 6.07 Å². The Morgan fingerprint density at radius 2 is 1.55 bits per heavy atom. The van der Waals surface area contributed by atoms with Gasteiger partial charge in [0.1, 0.15) is 6.04 Å². The third-order valence-corrected chi connectivity index (χ3v) is 2.81. The molecule has 0 saturated heterocycles. The fourth-order valence-corrected chi connectivity index (χ4v) is 1.77. The van der Waals surface area contributed by atoms with Crippen LogP contribution in [-0.4, -0.2) is 16.9 Å². The largest absolute Gasteiger partial charge is 0.480 e. The number of nitrogens with two attached hydrogens (primary N) is 1. The summed E-state index contributed by atoms with van der Waals surface area (Å²) in [7, 11) is 0. The minimum atomic E-state index is -1.12. The molecule has 0 aliphatic rings. The fraction of sp³-hybridized carbons (Fsp3) is 0.125. The minimum absolute atomic E-state index is 0. The highest BCUT2D eigenvalue weighted by molar-refractivity contribution is 6.09. The predicted octanol–water partition coefficient (Wildman–Crippen LogP) is 2.64. The molecule has 0 heterocycles. The monoisotopic (exact) mass is 271 g/mol. The molecule has 0 aliphatic carbocycles. The number of carbonyl (C=O) groups is 2. The van der Waals surface area contributed by atoms with Gasteiger partial charge in [-0.2, -0.15) is 0 Å². The number of carboxylic acids is 1. The summed E-state index contributed by atoms with van der Waals surface area (Å²) < 4.78 is 0. The molecule has 4 nitrogen and oxygen atoms in total. The summed E-state index contributed by atoms with van der Waals surface area (Å²) in [5.41, 5.74) is 6.94. The molecule has 1 unspecified atom stereocenters. The first kappa shape index (κ1) is 15.6. The van der Waals surface area contributed by atoms with Gasteiger partial charge in [0.05, 0.1) is 0 Å². The van der Waals surface area contributed by atoms with Crippen LogP contribution in [0.4, 0.5) is 0 Å². The molecule has 4 heteroatoms. The summed E-state index contributed by atoms with van der Waals surface area (Å²) in [4.78, 5) is 23.0. The summed E-state index contributed by atoms with van der Waals surface area (Å²) >= 11 is 0. The molecular weight excluding hydrogens is 254 g/mol. The lowest BCUT2D eigenvalue weighted by Crippen LogP contribution is -2.20. The van der Waals surface area contributed by atoms with Crippen LogP contribution >= 0.6 is 0 Å². The smallest absolute Gasteiger partial charge is 0.325 e. The summed E-state index contributed by atoms with van der Waals surface area (Å²) in [6, 6.07) is 14.1. The van der Waals surface area contributed by atoms with Crippen molar-refractivity contribution in [1.29, 1.82) is 0 Å². The second-order valence-corrected chi connectivity index (χ2v) is 4.14. The van der Waals surface area contributed by atoms with Crippen molar-refractivity contribution in [3.63, 3.8) is 0 Å². The van der Waals surface area contributed by atoms with Crippen LogP contribution in [0.25, 0.3) is 0 Å². The van der Waals surface area contributed by atoms with Gasteiger partial charge in [0.25, 0.3) is 0 Å². The molecule has 104 valence electrons. The highest BCUT2D eigenvalue weighted by Gasteiger charge is 2.16. The van der Waals surface area contributed by atoms with E-state index in [9.17, 15) is 9.59 Å². The second-order valence-electron chi connectivity index (χ2n) is 4.14. The Balaban J connectivity index is 0.00000200. The summed E-state index contributed by atoms with van der Waals surface area (Å²) in [6.07, 6.45) is 0. The molecule has 1 atom stereocenters. The molecule has 0 aromatic heterocycles. The van der Waals surface area contributed by atoms with Crippen molar-refractivity contribution in [2.24, 2.45) is 5.73 Å². The first-order valence-corrected chi connectivity index (χ1v) is 5.77. The summed E-state index contributed by atoms with van der Waals surface area (Å²) in [5, 5.41) is 8.87. The standard InChI is InChI=1S/C15H13NO3.CH4/c16-13(15(18)19)11-7-4-8-12(9-11)14(17)10-5-2-1-3-6-10;/h1-9,13H,16H2,(H,18,19);1H4. The van der Waals surface area contributed by atoms with Crippen LogP contribution in [0.2, 0.25) is 0 Å². The number of carboxylic acid groups (broad SMARTS) is 1. The summed E-state index contributed by atoms with van der Waals surface area (Å²) in [5.74, 6) is -1.27. The van der Waals surface area contributed by atoms with Gasteiger partial charge >= 0.3 is 5.97 Å². The number of aliphatic carboxylic acids is 1. The molecule has 0 fully saturated rings. The van der Waals surface area contributed by atoms with Crippen LogP contribution in [0.15, 0.2) is 54.6 Å². The van der Waals surface area contributed by atoms with Crippen LogP contribution in [-0.2, 0) is 4.79 Å². The molecule has 20 heavy (non-hydrogen) atoms. The Morgan fingerprint density at radius 3 is 2.15 bits per heavy atom. The molecule has 2 aromatic rings. The van der Waals surface area contributed by atoms with E-state index >= 15 is 0 Å². The maximum Gasteiger partial charge on any atom is 0.325 e. The van der Waals surface area contributed by atoms with Crippen molar-refractivity contribution in [1.82, 2.24) is 0 Å². The lowest BCUT2D eigenvalue weighted by molar-refractivity contribution is -0.138. The van der Waals surface area contributed by atoms with E-state index in [2.05, 4.69) is 0 Å². The van der Waals surface area contributed by atoms with E-state index < -0.39 is 12.0 Å². The lowest BCUT2D eigenvalue weighted by Gasteiger charge is -2.08. The number of carbonyl (C=O) groups excluding carboxylic acids is 1. The molecule has 3 N–H and O–H groups in total. The molecule has 0 spiro atoms. The Morgan fingerprint density at radius 1 is 0.950 bits per heavy atom. The van der Waals surface area contributed by atoms with Gasteiger partial charge in [-0.1, -0.05) is 56.0 Å². The van der Waals surface area contributed by atoms with Gasteiger partial charge in [-0.3, -0.25) is 9.59 Å². The van der Waals surface area contributed by atoms with E-state index in [-0.39, 0.29) is 13.2 Å². The van der Waals surface area contributed by atoms with Crippen molar-refractivity contribution < 1.29 is 14.7 Å². The van der Waals surface area contributed by atoms with Crippen LogP contribution in [0, 0.1) is 0 Å². The normalized spacial score (nSPS) is 11.2. The Kier molecular flexibility index (Phi) is 5.17. The Hall–Kier alpha value is -2.46. The maximum atomic E-state index is 12.2. The van der Waals surface area contributed by atoms with Gasteiger partial charge in [-0.15, -0.1) is 0 Å². The predicted molar refractivity (Wildman–Crippen MR) is 77.6 cm³/mol. The molecule has 0 aliphatic heterocycles. The Bertz CT molecular complexity index is 608. The maximum absolute atomic E-state index is 12.2. The molecule has 2 rings (SSSR count). The molecule has 2 aromatic carbocycles. The zero-order valence-corrected chi connectivity index (χ0v) is 10.1. The van der Waals surface area contributed by atoms with Gasteiger partial charge in [0.2, 0.25) is 0 Å². The van der Waals surface area contributed by atoms with E-state index in [0.29, 0.717) is 16.7 Å². The quantitative estimate of drug-likeness (QED) is 0.838. The highest BCUT2D eigenvalue weighted by atomic mass is 16.4. The van der Waals surface area contributed by atoms with Crippen molar-refractivity contribution in [3.8, 4) is 0 Å². The van der Waals surface area contributed by atoms with Crippen molar-refractivity contribution in [3.05, 3.63) is 71.3 Å². The number of ketones is 1. The number of hydrogen-bond donors (Lipinski definition) is 2. The average molecular weight is 271 g/mol. The van der Waals surface area contributed by atoms with Crippen molar-refractivity contribution in [2.45, 2.75) is 13.5 Å². The zero-order chi connectivity index (χ0) is 13.8. The van der Waals surface area contributed by atoms with Crippen molar-refractivity contribution in [2.75, 3.05) is 0 Å².